The highest BCUT2D eigenvalue weighted by Crippen LogP contribution is 2.55. The van der Waals surface area contributed by atoms with Crippen LogP contribution >= 0.6 is 0 Å². The Hall–Kier alpha value is -3.78. The van der Waals surface area contributed by atoms with Crippen molar-refractivity contribution >= 4 is 17.3 Å². The number of ether oxygens (including phenoxy) is 3. The smallest absolute Gasteiger partial charge is 0.302 e. The quantitative estimate of drug-likeness (QED) is 0.270. The van der Waals surface area contributed by atoms with Gasteiger partial charge < -0.3 is 29.7 Å². The number of phenols is 2. The molecule has 2 bridgehead atoms. The summed E-state index contributed by atoms with van der Waals surface area (Å²) in [6.45, 7) is 2.02. The fourth-order valence-corrected chi connectivity index (χ4v) is 7.49. The fourth-order valence-electron chi connectivity index (χ4n) is 7.49. The van der Waals surface area contributed by atoms with Gasteiger partial charge >= 0.3 is 5.97 Å². The average Bonchev–Trinajstić information content (AvgIpc) is 3.09. The Balaban J connectivity index is 1.43. The Morgan fingerprint density at radius 3 is 2.53 bits per heavy atom. The number of rotatable bonds is 12. The van der Waals surface area contributed by atoms with E-state index in [1.54, 1.807) is 31.4 Å². The zero-order valence-corrected chi connectivity index (χ0v) is 25.5. The molecule has 0 spiro atoms. The van der Waals surface area contributed by atoms with Crippen LogP contribution < -0.4 is 14.8 Å². The lowest BCUT2D eigenvalue weighted by Gasteiger charge is -2.42. The van der Waals surface area contributed by atoms with Crippen molar-refractivity contribution in [3.63, 3.8) is 0 Å². The first kappa shape index (κ1) is 30.7. The van der Waals surface area contributed by atoms with Crippen LogP contribution in [0, 0.1) is 17.8 Å². The van der Waals surface area contributed by atoms with Gasteiger partial charge in [0, 0.05) is 26.3 Å². The highest BCUT2D eigenvalue weighted by molar-refractivity contribution is 5.83. The molecule has 0 aliphatic heterocycles. The third-order valence-corrected chi connectivity index (χ3v) is 9.42. The maximum Gasteiger partial charge on any atom is 0.302 e. The molecule has 0 amide bonds. The number of esters is 1. The SMILES string of the molecule is CNCC1=C2C=C[C@@H]3CC[C@H]([C@@H]2C3)[C@@H](CC(=O)C[C@@H](CCc2ccc(O)c(OC)c2)OC(C)=O)c2cc(OC)c(O)cc21. The number of Topliss-reactive ketones (excluding diaryl/α,β-unsaturated/α-hetero) is 1. The molecule has 0 aromatic heterocycles. The number of aryl methyl sites for hydroxylation is 1. The van der Waals surface area contributed by atoms with Gasteiger partial charge in [0.1, 0.15) is 11.9 Å². The maximum atomic E-state index is 13.9. The molecule has 3 aliphatic carbocycles. The molecular formula is C35H43NO7. The number of allylic oxidation sites excluding steroid dienone is 3. The molecule has 0 radical (unpaired) electrons. The minimum Gasteiger partial charge on any atom is -0.504 e. The number of methoxy groups -OCH3 is 2. The molecule has 0 unspecified atom stereocenters. The second-order valence-corrected chi connectivity index (χ2v) is 12.1. The topological polar surface area (TPSA) is 114 Å². The standard InChI is InChI=1S/C35H43NO7/c1-20(37)43-24(9-5-22-8-12-32(39)34(14-22)41-3)15-23(38)16-28-25-10-6-21-7-11-26(27(25)13-21)31(19-36-2)29-17-33(40)35(42-4)18-30(28)29/h7-8,11-12,14,17-18,21,24-25,27-28,36,39-40H,5-6,9-10,13,15-16,19H2,1-4H3/t21-,24+,25+,27-,28+/m0/s1. The molecule has 2 aromatic carbocycles. The molecule has 5 atom stereocenters. The lowest BCUT2D eigenvalue weighted by Crippen LogP contribution is -2.33. The summed E-state index contributed by atoms with van der Waals surface area (Å²) < 4.78 is 16.4. The van der Waals surface area contributed by atoms with Gasteiger partial charge in [-0.15, -0.1) is 0 Å². The number of benzene rings is 2. The van der Waals surface area contributed by atoms with E-state index in [0.717, 1.165) is 36.0 Å². The fraction of sp³-hybridized carbons (Fsp3) is 0.486. The van der Waals surface area contributed by atoms with Gasteiger partial charge in [0.25, 0.3) is 0 Å². The molecule has 230 valence electrons. The molecule has 0 saturated heterocycles. The molecule has 8 heteroatoms. The van der Waals surface area contributed by atoms with E-state index in [4.69, 9.17) is 14.2 Å². The zero-order chi connectivity index (χ0) is 30.7. The number of carbonyl (C=O) groups is 2. The summed E-state index contributed by atoms with van der Waals surface area (Å²) in [5, 5.41) is 24.1. The van der Waals surface area contributed by atoms with Gasteiger partial charge in [-0.1, -0.05) is 18.2 Å². The number of carbonyl (C=O) groups excluding carboxylic acids is 2. The number of likely N-dealkylation sites (N-methyl/N-ethyl adjacent to an activating group) is 1. The Morgan fingerprint density at radius 2 is 1.81 bits per heavy atom. The Kier molecular flexibility index (Phi) is 9.45. The summed E-state index contributed by atoms with van der Waals surface area (Å²) in [4.78, 5) is 25.9. The van der Waals surface area contributed by atoms with Crippen LogP contribution in [-0.2, 0) is 20.7 Å². The van der Waals surface area contributed by atoms with Crippen LogP contribution in [0.2, 0.25) is 0 Å². The first-order chi connectivity index (χ1) is 20.7. The van der Waals surface area contributed by atoms with E-state index in [-0.39, 0.29) is 35.5 Å². The summed E-state index contributed by atoms with van der Waals surface area (Å²) in [5.41, 5.74) is 5.39. The van der Waals surface area contributed by atoms with Gasteiger partial charge in [-0.05, 0) is 115 Å². The van der Waals surface area contributed by atoms with Gasteiger partial charge in [0.15, 0.2) is 23.0 Å². The van der Waals surface area contributed by atoms with Gasteiger partial charge in [0.05, 0.1) is 14.2 Å². The second-order valence-electron chi connectivity index (χ2n) is 12.1. The third-order valence-electron chi connectivity index (χ3n) is 9.42. The number of nitrogens with one attached hydrogen (secondary N) is 1. The van der Waals surface area contributed by atoms with Crippen molar-refractivity contribution in [2.75, 3.05) is 27.8 Å². The molecule has 1 saturated carbocycles. The molecule has 3 N–H and O–H groups in total. The number of ketones is 1. The van der Waals surface area contributed by atoms with Crippen LogP contribution in [0.15, 0.2) is 48.1 Å². The predicted octanol–water partition coefficient (Wildman–Crippen LogP) is 5.70. The number of hydrogen-bond acceptors (Lipinski definition) is 8. The minimum absolute atomic E-state index is 0.0459. The largest absolute Gasteiger partial charge is 0.504 e. The summed E-state index contributed by atoms with van der Waals surface area (Å²) in [7, 11) is 4.98. The van der Waals surface area contributed by atoms with Crippen LogP contribution in [0.4, 0.5) is 0 Å². The van der Waals surface area contributed by atoms with Crippen LogP contribution in [0.1, 0.15) is 68.1 Å². The van der Waals surface area contributed by atoms with Crippen molar-refractivity contribution in [2.24, 2.45) is 17.8 Å². The van der Waals surface area contributed by atoms with E-state index >= 15 is 0 Å². The van der Waals surface area contributed by atoms with E-state index in [0.29, 0.717) is 49.1 Å². The minimum atomic E-state index is -0.564. The van der Waals surface area contributed by atoms with Crippen LogP contribution in [-0.4, -0.2) is 55.9 Å². The zero-order valence-electron chi connectivity index (χ0n) is 25.5. The highest BCUT2D eigenvalue weighted by Gasteiger charge is 2.43. The van der Waals surface area contributed by atoms with Crippen LogP contribution in [0.25, 0.3) is 5.57 Å². The lowest BCUT2D eigenvalue weighted by molar-refractivity contribution is -0.147. The van der Waals surface area contributed by atoms with Crippen molar-refractivity contribution < 1.29 is 34.0 Å². The normalized spacial score (nSPS) is 22.8. The van der Waals surface area contributed by atoms with Crippen molar-refractivity contribution in [3.05, 3.63) is 64.7 Å². The number of fused-ring (bicyclic) bond motifs is 2. The number of hydrogen-bond donors (Lipinski definition) is 3. The number of phenolic OH excluding ortho intramolecular Hbond substituents is 2. The van der Waals surface area contributed by atoms with E-state index in [1.165, 1.54) is 25.2 Å². The van der Waals surface area contributed by atoms with Crippen molar-refractivity contribution in [1.82, 2.24) is 5.32 Å². The monoisotopic (exact) mass is 589 g/mol. The lowest BCUT2D eigenvalue weighted by atomic mass is 9.62. The summed E-state index contributed by atoms with van der Waals surface area (Å²) in [6, 6.07) is 8.87. The van der Waals surface area contributed by atoms with E-state index < -0.39 is 12.1 Å². The predicted molar refractivity (Wildman–Crippen MR) is 164 cm³/mol. The molecule has 5 rings (SSSR count). The van der Waals surface area contributed by atoms with Crippen molar-refractivity contribution in [3.8, 4) is 23.0 Å². The molecule has 43 heavy (non-hydrogen) atoms. The Morgan fingerprint density at radius 1 is 1.05 bits per heavy atom. The maximum absolute atomic E-state index is 13.9. The van der Waals surface area contributed by atoms with Gasteiger partial charge in [0.2, 0.25) is 0 Å². The Labute approximate surface area is 253 Å². The van der Waals surface area contributed by atoms with Crippen molar-refractivity contribution in [2.45, 2.75) is 63.9 Å². The third kappa shape index (κ3) is 6.59. The van der Waals surface area contributed by atoms with Crippen LogP contribution in [0.3, 0.4) is 0 Å². The molecular weight excluding hydrogens is 546 g/mol. The van der Waals surface area contributed by atoms with E-state index in [9.17, 15) is 19.8 Å². The molecule has 2 aromatic rings. The summed E-state index contributed by atoms with van der Waals surface area (Å²) in [5.74, 6) is 1.66. The second kappa shape index (κ2) is 13.2. The number of aromatic hydroxyl groups is 2. The average molecular weight is 590 g/mol. The van der Waals surface area contributed by atoms with E-state index in [2.05, 4.69) is 17.5 Å². The van der Waals surface area contributed by atoms with Crippen LogP contribution in [0.5, 0.6) is 23.0 Å². The van der Waals surface area contributed by atoms with Gasteiger partial charge in [-0.2, -0.15) is 0 Å². The molecule has 0 heterocycles. The van der Waals surface area contributed by atoms with Gasteiger partial charge in [-0.25, -0.2) is 0 Å². The molecule has 3 aliphatic rings. The van der Waals surface area contributed by atoms with E-state index in [1.807, 2.05) is 13.1 Å². The first-order valence-corrected chi connectivity index (χ1v) is 15.2. The molecule has 1 fully saturated rings. The highest BCUT2D eigenvalue weighted by atomic mass is 16.5. The summed E-state index contributed by atoms with van der Waals surface area (Å²) in [6.07, 6.45) is 8.70. The van der Waals surface area contributed by atoms with Crippen molar-refractivity contribution in [1.29, 1.82) is 0 Å². The first-order valence-electron chi connectivity index (χ1n) is 15.2. The molecule has 8 nitrogen and oxygen atoms in total. The Bertz CT molecular complexity index is 1430. The van der Waals surface area contributed by atoms with Gasteiger partial charge in [-0.3, -0.25) is 9.59 Å². The summed E-state index contributed by atoms with van der Waals surface area (Å²) >= 11 is 0.